The van der Waals surface area contributed by atoms with Crippen LogP contribution in [0.1, 0.15) is 46.5 Å². The van der Waals surface area contributed by atoms with Crippen LogP contribution in [0.4, 0.5) is 5.69 Å². The van der Waals surface area contributed by atoms with Crippen LogP contribution in [0.15, 0.2) is 24.3 Å². The van der Waals surface area contributed by atoms with E-state index in [2.05, 4.69) is 20.8 Å². The minimum Gasteiger partial charge on any atom is -0.497 e. The van der Waals surface area contributed by atoms with Crippen molar-refractivity contribution >= 4 is 11.6 Å². The molecule has 126 valence electrons. The Labute approximate surface area is 138 Å². The summed E-state index contributed by atoms with van der Waals surface area (Å²) < 4.78 is 5.18. The third-order valence-electron chi connectivity index (χ3n) is 5.82. The van der Waals surface area contributed by atoms with Gasteiger partial charge in [-0.3, -0.25) is 4.79 Å². The highest BCUT2D eigenvalue weighted by atomic mass is 16.5. The van der Waals surface area contributed by atoms with Crippen molar-refractivity contribution in [2.24, 2.45) is 11.3 Å². The highest BCUT2D eigenvalue weighted by Crippen LogP contribution is 2.51. The molecule has 1 amide bonds. The second kappa shape index (κ2) is 5.52. The number of carbonyl (C=O) groups excluding carboxylic acids is 1. The van der Waals surface area contributed by atoms with Gasteiger partial charge in [-0.15, -0.1) is 0 Å². The molecule has 1 atom stereocenters. The van der Waals surface area contributed by atoms with Crippen LogP contribution in [-0.4, -0.2) is 29.8 Å². The first kappa shape index (κ1) is 16.3. The van der Waals surface area contributed by atoms with E-state index in [1.807, 2.05) is 29.2 Å². The van der Waals surface area contributed by atoms with Crippen LogP contribution in [0.2, 0.25) is 0 Å². The first-order chi connectivity index (χ1) is 10.8. The van der Waals surface area contributed by atoms with Crippen molar-refractivity contribution in [3.8, 4) is 5.75 Å². The van der Waals surface area contributed by atoms with E-state index in [0.717, 1.165) is 37.1 Å². The van der Waals surface area contributed by atoms with Crippen molar-refractivity contribution in [1.82, 2.24) is 0 Å². The molecule has 1 aromatic rings. The van der Waals surface area contributed by atoms with E-state index in [1.165, 1.54) is 0 Å². The molecule has 23 heavy (non-hydrogen) atoms. The molecule has 1 spiro atoms. The molecular weight excluding hydrogens is 290 g/mol. The Kier molecular flexibility index (Phi) is 3.91. The van der Waals surface area contributed by atoms with Crippen LogP contribution in [-0.2, 0) is 4.79 Å². The maximum atomic E-state index is 12.3. The molecule has 0 aromatic heterocycles. The van der Waals surface area contributed by atoms with Crippen molar-refractivity contribution < 1.29 is 14.6 Å². The second-order valence-corrected chi connectivity index (χ2v) is 8.02. The smallest absolute Gasteiger partial charge is 0.258 e. The fourth-order valence-corrected chi connectivity index (χ4v) is 4.22. The molecule has 1 aliphatic carbocycles. The van der Waals surface area contributed by atoms with Crippen molar-refractivity contribution in [3.05, 3.63) is 24.3 Å². The van der Waals surface area contributed by atoms with E-state index in [0.29, 0.717) is 5.92 Å². The number of rotatable bonds is 2. The summed E-state index contributed by atoms with van der Waals surface area (Å²) >= 11 is 0. The summed E-state index contributed by atoms with van der Waals surface area (Å²) in [5, 5.41) is 10.4. The maximum absolute atomic E-state index is 12.3. The predicted octanol–water partition coefficient (Wildman–Crippen LogP) is 3.38. The van der Waals surface area contributed by atoms with Crippen molar-refractivity contribution in [1.29, 1.82) is 0 Å². The van der Waals surface area contributed by atoms with E-state index in [1.54, 1.807) is 7.11 Å². The second-order valence-electron chi connectivity index (χ2n) is 8.02. The van der Waals surface area contributed by atoms with Gasteiger partial charge in [-0.05, 0) is 61.3 Å². The summed E-state index contributed by atoms with van der Waals surface area (Å²) in [4.78, 5) is 14.1. The number of carbonyl (C=O) groups is 1. The summed E-state index contributed by atoms with van der Waals surface area (Å²) in [6.07, 6.45) is 2.99. The number of hydrogen-bond acceptors (Lipinski definition) is 3. The minimum atomic E-state index is -0.856. The Bertz CT molecular complexity index is 580. The van der Waals surface area contributed by atoms with Crippen molar-refractivity contribution in [3.63, 3.8) is 0 Å². The van der Waals surface area contributed by atoms with Crippen LogP contribution in [0.5, 0.6) is 5.75 Å². The summed E-state index contributed by atoms with van der Waals surface area (Å²) in [6, 6.07) is 7.53. The molecule has 1 aliphatic heterocycles. The third-order valence-corrected chi connectivity index (χ3v) is 5.82. The molecule has 0 radical (unpaired) electrons. The number of aliphatic hydroxyl groups excluding tert-OH is 1. The molecule has 4 nitrogen and oxygen atoms in total. The first-order valence-corrected chi connectivity index (χ1v) is 8.46. The largest absolute Gasteiger partial charge is 0.497 e. The average molecular weight is 317 g/mol. The van der Waals surface area contributed by atoms with Gasteiger partial charge in [0.25, 0.3) is 5.91 Å². The number of ether oxygens (including phenoxy) is 1. The number of amides is 1. The van der Waals surface area contributed by atoms with E-state index in [4.69, 9.17) is 4.74 Å². The lowest BCUT2D eigenvalue weighted by Gasteiger charge is -2.59. The lowest BCUT2D eigenvalue weighted by atomic mass is 9.62. The fraction of sp³-hybridized carbons (Fsp3) is 0.632. The monoisotopic (exact) mass is 317 g/mol. The van der Waals surface area contributed by atoms with Gasteiger partial charge < -0.3 is 14.7 Å². The van der Waals surface area contributed by atoms with Crippen LogP contribution in [0, 0.1) is 11.3 Å². The van der Waals surface area contributed by atoms with Crippen molar-refractivity contribution in [2.45, 2.75) is 58.1 Å². The highest BCUT2D eigenvalue weighted by molar-refractivity contribution is 6.06. The van der Waals surface area contributed by atoms with E-state index >= 15 is 0 Å². The third kappa shape index (κ3) is 2.53. The minimum absolute atomic E-state index is 0.177. The van der Waals surface area contributed by atoms with E-state index < -0.39 is 11.6 Å². The molecule has 1 saturated carbocycles. The molecule has 1 saturated heterocycles. The Balaban J connectivity index is 1.82. The van der Waals surface area contributed by atoms with Crippen molar-refractivity contribution in [2.75, 3.05) is 12.0 Å². The first-order valence-electron chi connectivity index (χ1n) is 8.46. The summed E-state index contributed by atoms with van der Waals surface area (Å²) in [5.74, 6) is 1.24. The fourth-order valence-electron chi connectivity index (χ4n) is 4.22. The van der Waals surface area contributed by atoms with Gasteiger partial charge in [-0.25, -0.2) is 0 Å². The zero-order valence-electron chi connectivity index (χ0n) is 14.5. The Morgan fingerprint density at radius 3 is 2.22 bits per heavy atom. The molecule has 2 fully saturated rings. The van der Waals surface area contributed by atoms with Gasteiger partial charge in [0.05, 0.1) is 12.6 Å². The maximum Gasteiger partial charge on any atom is 0.258 e. The topological polar surface area (TPSA) is 49.8 Å². The highest BCUT2D eigenvalue weighted by Gasteiger charge is 2.61. The number of benzene rings is 1. The van der Waals surface area contributed by atoms with Gasteiger partial charge in [0, 0.05) is 5.69 Å². The lowest BCUT2D eigenvalue weighted by Crippen LogP contribution is -2.76. The lowest BCUT2D eigenvalue weighted by molar-refractivity contribution is -0.147. The summed E-state index contributed by atoms with van der Waals surface area (Å²) in [7, 11) is 1.63. The molecule has 0 unspecified atom stereocenters. The molecule has 3 rings (SSSR count). The van der Waals surface area contributed by atoms with Gasteiger partial charge in [0.2, 0.25) is 0 Å². The normalized spacial score (nSPS) is 31.2. The number of methoxy groups -OCH3 is 1. The number of β-lactam (4-membered cyclic amide) rings is 1. The molecule has 0 bridgehead atoms. The number of anilines is 1. The summed E-state index contributed by atoms with van der Waals surface area (Å²) in [6.45, 7) is 6.83. The van der Waals surface area contributed by atoms with Crippen LogP contribution in [0.25, 0.3) is 0 Å². The van der Waals surface area contributed by atoms with Gasteiger partial charge in [-0.2, -0.15) is 0 Å². The van der Waals surface area contributed by atoms with Gasteiger partial charge in [0.15, 0.2) is 6.10 Å². The average Bonchev–Trinajstić information content (AvgIpc) is 2.55. The molecule has 1 heterocycles. The van der Waals surface area contributed by atoms with E-state index in [9.17, 15) is 9.90 Å². The Morgan fingerprint density at radius 1 is 1.17 bits per heavy atom. The number of hydrogen-bond donors (Lipinski definition) is 1. The number of nitrogens with zero attached hydrogens (tertiary/aromatic N) is 1. The molecule has 4 heteroatoms. The Hall–Kier alpha value is -1.55. The van der Waals surface area contributed by atoms with Crippen LogP contribution >= 0.6 is 0 Å². The zero-order chi connectivity index (χ0) is 16.8. The molecule has 2 aliphatic rings. The van der Waals surface area contributed by atoms with Gasteiger partial charge in [-0.1, -0.05) is 20.8 Å². The van der Waals surface area contributed by atoms with Crippen LogP contribution in [0.3, 0.4) is 0 Å². The number of aliphatic hydroxyl groups is 1. The molecular formula is C19H27NO3. The summed E-state index contributed by atoms with van der Waals surface area (Å²) in [5.41, 5.74) is 0.730. The standard InChI is InChI=1S/C19H27NO3/c1-18(2,3)13-9-11-19(12-10-13)16(21)17(22)20(19)14-5-7-15(23-4)8-6-14/h5-8,13,16,21H,9-12H2,1-4H3/t13?,16-,19?/m1/s1. The van der Waals surface area contributed by atoms with Gasteiger partial charge in [0.1, 0.15) is 5.75 Å². The predicted molar refractivity (Wildman–Crippen MR) is 90.6 cm³/mol. The molecule has 1 N–H and O–H groups in total. The van der Waals surface area contributed by atoms with Crippen LogP contribution < -0.4 is 9.64 Å². The van der Waals surface area contributed by atoms with E-state index in [-0.39, 0.29) is 11.3 Å². The quantitative estimate of drug-likeness (QED) is 0.851. The van der Waals surface area contributed by atoms with Gasteiger partial charge >= 0.3 is 0 Å². The Morgan fingerprint density at radius 2 is 1.74 bits per heavy atom. The SMILES string of the molecule is COc1ccc(N2C(=O)[C@@H](O)C23CCC(C(C)(C)C)CC3)cc1. The molecule has 1 aromatic carbocycles. The zero-order valence-corrected chi connectivity index (χ0v) is 14.5.